The number of likely N-dealkylation sites (N-methyl/N-ethyl adjacent to an activating group) is 1. The SMILES string of the molecule is CCC1CCCC(CN)(N(C)c2ccccc2OC)CC1. The zero-order valence-corrected chi connectivity index (χ0v) is 13.8. The summed E-state index contributed by atoms with van der Waals surface area (Å²) in [6, 6.07) is 8.26. The fourth-order valence-corrected chi connectivity index (χ4v) is 3.71. The zero-order valence-electron chi connectivity index (χ0n) is 13.8. The molecule has 1 fully saturated rings. The van der Waals surface area contributed by atoms with E-state index in [2.05, 4.69) is 31.0 Å². The van der Waals surface area contributed by atoms with Gasteiger partial charge in [-0.3, -0.25) is 0 Å². The van der Waals surface area contributed by atoms with Gasteiger partial charge in [0.15, 0.2) is 0 Å². The molecule has 0 saturated heterocycles. The topological polar surface area (TPSA) is 38.5 Å². The minimum absolute atomic E-state index is 0.0680. The van der Waals surface area contributed by atoms with Gasteiger partial charge in [0, 0.05) is 13.6 Å². The van der Waals surface area contributed by atoms with E-state index >= 15 is 0 Å². The molecule has 0 amide bonds. The Morgan fingerprint density at radius 1 is 1.29 bits per heavy atom. The van der Waals surface area contributed by atoms with Gasteiger partial charge in [-0.15, -0.1) is 0 Å². The van der Waals surface area contributed by atoms with Gasteiger partial charge in [0.1, 0.15) is 5.75 Å². The molecule has 2 N–H and O–H groups in total. The fourth-order valence-electron chi connectivity index (χ4n) is 3.71. The summed E-state index contributed by atoms with van der Waals surface area (Å²) in [6.07, 6.45) is 7.55. The van der Waals surface area contributed by atoms with Crippen molar-refractivity contribution in [3.8, 4) is 5.75 Å². The van der Waals surface area contributed by atoms with E-state index in [4.69, 9.17) is 10.5 Å². The second kappa shape index (κ2) is 7.17. The number of nitrogens with zero attached hydrogens (tertiary/aromatic N) is 1. The van der Waals surface area contributed by atoms with E-state index < -0.39 is 0 Å². The van der Waals surface area contributed by atoms with Crippen LogP contribution in [-0.4, -0.2) is 26.2 Å². The first-order valence-corrected chi connectivity index (χ1v) is 8.23. The molecule has 1 aliphatic carbocycles. The molecular formula is C18H30N2O. The van der Waals surface area contributed by atoms with Gasteiger partial charge in [-0.1, -0.05) is 38.3 Å². The van der Waals surface area contributed by atoms with Crippen molar-refractivity contribution in [3.05, 3.63) is 24.3 Å². The highest BCUT2D eigenvalue weighted by molar-refractivity contribution is 5.59. The van der Waals surface area contributed by atoms with Crippen LogP contribution in [0.2, 0.25) is 0 Å². The number of anilines is 1. The highest BCUT2D eigenvalue weighted by atomic mass is 16.5. The van der Waals surface area contributed by atoms with E-state index in [1.54, 1.807) is 7.11 Å². The Bertz CT molecular complexity index is 449. The Kier molecular flexibility index (Phi) is 5.51. The Labute approximate surface area is 129 Å². The lowest BCUT2D eigenvalue weighted by Gasteiger charge is -2.43. The van der Waals surface area contributed by atoms with Crippen molar-refractivity contribution in [3.63, 3.8) is 0 Å². The maximum Gasteiger partial charge on any atom is 0.142 e. The van der Waals surface area contributed by atoms with E-state index in [-0.39, 0.29) is 5.54 Å². The van der Waals surface area contributed by atoms with E-state index in [1.165, 1.54) is 38.5 Å². The summed E-state index contributed by atoms with van der Waals surface area (Å²) in [5.74, 6) is 1.80. The summed E-state index contributed by atoms with van der Waals surface area (Å²) in [7, 11) is 3.92. The van der Waals surface area contributed by atoms with Gasteiger partial charge in [-0.25, -0.2) is 0 Å². The van der Waals surface area contributed by atoms with Crippen molar-refractivity contribution in [1.82, 2.24) is 0 Å². The standard InChI is InChI=1S/C18H30N2O/c1-4-15-8-7-12-18(14-19,13-11-15)20(2)16-9-5-6-10-17(16)21-3/h5-6,9-10,15H,4,7-8,11-14,19H2,1-3H3. The molecule has 0 radical (unpaired) electrons. The molecule has 0 aromatic heterocycles. The minimum atomic E-state index is 0.0680. The lowest BCUT2D eigenvalue weighted by molar-refractivity contribution is 0.346. The van der Waals surface area contributed by atoms with Crippen LogP contribution in [0, 0.1) is 5.92 Å². The summed E-state index contributed by atoms with van der Waals surface area (Å²) < 4.78 is 5.54. The number of benzene rings is 1. The summed E-state index contributed by atoms with van der Waals surface area (Å²) >= 11 is 0. The molecule has 1 saturated carbocycles. The van der Waals surface area contributed by atoms with Crippen LogP contribution in [0.15, 0.2) is 24.3 Å². The molecule has 0 spiro atoms. The molecule has 118 valence electrons. The summed E-state index contributed by atoms with van der Waals surface area (Å²) in [4.78, 5) is 2.38. The highest BCUT2D eigenvalue weighted by Crippen LogP contribution is 2.39. The first kappa shape index (κ1) is 16.2. The van der Waals surface area contributed by atoms with Gasteiger partial charge in [0.05, 0.1) is 18.3 Å². The number of nitrogens with two attached hydrogens (primary N) is 1. The quantitative estimate of drug-likeness (QED) is 0.838. The lowest BCUT2D eigenvalue weighted by Crippen LogP contribution is -2.52. The van der Waals surface area contributed by atoms with Gasteiger partial charge >= 0.3 is 0 Å². The predicted octanol–water partition coefficient (Wildman–Crippen LogP) is 3.82. The third kappa shape index (κ3) is 3.34. The van der Waals surface area contributed by atoms with Gasteiger partial charge in [-0.05, 0) is 37.3 Å². The van der Waals surface area contributed by atoms with Gasteiger partial charge < -0.3 is 15.4 Å². The van der Waals surface area contributed by atoms with Crippen molar-refractivity contribution in [1.29, 1.82) is 0 Å². The molecule has 2 rings (SSSR count). The van der Waals surface area contributed by atoms with Crippen LogP contribution in [0.3, 0.4) is 0 Å². The molecule has 1 aromatic carbocycles. The molecule has 0 heterocycles. The summed E-state index contributed by atoms with van der Waals surface area (Å²) in [5.41, 5.74) is 7.46. The second-order valence-corrected chi connectivity index (χ2v) is 6.36. The maximum absolute atomic E-state index is 6.24. The highest BCUT2D eigenvalue weighted by Gasteiger charge is 2.36. The van der Waals surface area contributed by atoms with Crippen molar-refractivity contribution in [2.75, 3.05) is 25.6 Å². The number of para-hydroxylation sites is 2. The number of hydrogen-bond donors (Lipinski definition) is 1. The number of hydrogen-bond acceptors (Lipinski definition) is 3. The number of ether oxygens (including phenoxy) is 1. The van der Waals surface area contributed by atoms with E-state index in [0.717, 1.165) is 17.4 Å². The molecule has 2 atom stereocenters. The number of methoxy groups -OCH3 is 1. The molecule has 3 nitrogen and oxygen atoms in total. The Morgan fingerprint density at radius 2 is 2.05 bits per heavy atom. The average Bonchev–Trinajstić information content (AvgIpc) is 2.77. The first-order chi connectivity index (χ1) is 10.2. The van der Waals surface area contributed by atoms with Crippen LogP contribution >= 0.6 is 0 Å². The monoisotopic (exact) mass is 290 g/mol. The van der Waals surface area contributed by atoms with Gasteiger partial charge in [-0.2, -0.15) is 0 Å². The zero-order chi connectivity index (χ0) is 15.3. The Hall–Kier alpha value is -1.22. The van der Waals surface area contributed by atoms with Gasteiger partial charge in [0.2, 0.25) is 0 Å². The third-order valence-corrected chi connectivity index (χ3v) is 5.39. The van der Waals surface area contributed by atoms with E-state index in [9.17, 15) is 0 Å². The van der Waals surface area contributed by atoms with Gasteiger partial charge in [0.25, 0.3) is 0 Å². The molecule has 0 aliphatic heterocycles. The Morgan fingerprint density at radius 3 is 2.71 bits per heavy atom. The Balaban J connectivity index is 2.26. The first-order valence-electron chi connectivity index (χ1n) is 8.23. The molecule has 0 bridgehead atoms. The van der Waals surface area contributed by atoms with Crippen LogP contribution in [0.5, 0.6) is 5.75 Å². The minimum Gasteiger partial charge on any atom is -0.495 e. The smallest absolute Gasteiger partial charge is 0.142 e. The van der Waals surface area contributed by atoms with Crippen LogP contribution in [0.1, 0.15) is 45.4 Å². The molecule has 2 unspecified atom stereocenters. The van der Waals surface area contributed by atoms with Crippen molar-refractivity contribution >= 4 is 5.69 Å². The molecule has 21 heavy (non-hydrogen) atoms. The fraction of sp³-hybridized carbons (Fsp3) is 0.667. The molecular weight excluding hydrogens is 260 g/mol. The van der Waals surface area contributed by atoms with Crippen LogP contribution in [0.25, 0.3) is 0 Å². The number of rotatable bonds is 5. The summed E-state index contributed by atoms with van der Waals surface area (Å²) in [6.45, 7) is 3.02. The maximum atomic E-state index is 6.24. The second-order valence-electron chi connectivity index (χ2n) is 6.36. The average molecular weight is 290 g/mol. The molecule has 3 heteroatoms. The van der Waals surface area contributed by atoms with Crippen LogP contribution in [-0.2, 0) is 0 Å². The molecule has 1 aromatic rings. The van der Waals surface area contributed by atoms with Crippen molar-refractivity contribution in [2.45, 2.75) is 51.0 Å². The molecule has 1 aliphatic rings. The normalized spacial score (nSPS) is 26.2. The van der Waals surface area contributed by atoms with E-state index in [0.29, 0.717) is 6.54 Å². The van der Waals surface area contributed by atoms with E-state index in [1.807, 2.05) is 12.1 Å². The predicted molar refractivity (Wildman–Crippen MR) is 90.0 cm³/mol. The van der Waals surface area contributed by atoms with Crippen molar-refractivity contribution < 1.29 is 4.74 Å². The van der Waals surface area contributed by atoms with Crippen LogP contribution in [0.4, 0.5) is 5.69 Å². The summed E-state index contributed by atoms with van der Waals surface area (Å²) in [5, 5.41) is 0. The largest absolute Gasteiger partial charge is 0.495 e. The lowest BCUT2D eigenvalue weighted by atomic mass is 9.87. The van der Waals surface area contributed by atoms with Crippen molar-refractivity contribution in [2.24, 2.45) is 11.7 Å². The third-order valence-electron chi connectivity index (χ3n) is 5.39. The van der Waals surface area contributed by atoms with Crippen LogP contribution < -0.4 is 15.4 Å².